The quantitative estimate of drug-likeness (QED) is 0.761. The van der Waals surface area contributed by atoms with E-state index in [2.05, 4.69) is 15.5 Å². The minimum absolute atomic E-state index is 0.0498. The number of H-pyrrole nitrogens is 1. The first-order chi connectivity index (χ1) is 12.8. The summed E-state index contributed by atoms with van der Waals surface area (Å²) in [6.07, 6.45) is -2.72. The predicted molar refractivity (Wildman–Crippen MR) is 97.5 cm³/mol. The Kier molecular flexibility index (Phi) is 5.69. The average molecular weight is 398 g/mol. The molecule has 2 atom stereocenters. The van der Waals surface area contributed by atoms with Gasteiger partial charge in [0.15, 0.2) is 10.6 Å². The lowest BCUT2D eigenvalue weighted by Gasteiger charge is -2.33. The average Bonchev–Trinajstić information content (AvgIpc) is 2.96. The molecule has 1 aromatic heterocycles. The maximum Gasteiger partial charge on any atom is 0.393 e. The first-order valence-corrected chi connectivity index (χ1v) is 9.25. The lowest BCUT2D eigenvalue weighted by atomic mass is 9.84. The highest BCUT2D eigenvalue weighted by molar-refractivity contribution is 7.71. The first-order valence-electron chi connectivity index (χ1n) is 8.84. The van der Waals surface area contributed by atoms with Gasteiger partial charge in [-0.3, -0.25) is 14.5 Å². The Morgan fingerprint density at radius 3 is 2.63 bits per heavy atom. The van der Waals surface area contributed by atoms with Crippen molar-refractivity contribution in [2.45, 2.75) is 51.4 Å². The van der Waals surface area contributed by atoms with Gasteiger partial charge in [-0.25, -0.2) is 0 Å². The summed E-state index contributed by atoms with van der Waals surface area (Å²) < 4.78 is 41.4. The van der Waals surface area contributed by atoms with E-state index in [0.29, 0.717) is 25.1 Å². The SMILES string of the molecule is Cc1ccc(-c2n[nH]c(=S)n2CC(=O)N[C@@H]2CCCC[C@@H]2C(F)(F)F)cc1. The molecule has 0 aliphatic heterocycles. The number of carbonyl (C=O) groups excluding carboxylic acids is 1. The summed E-state index contributed by atoms with van der Waals surface area (Å²) in [4.78, 5) is 12.5. The smallest absolute Gasteiger partial charge is 0.351 e. The number of amides is 1. The topological polar surface area (TPSA) is 62.7 Å². The minimum atomic E-state index is -4.31. The van der Waals surface area contributed by atoms with Crippen molar-refractivity contribution in [1.82, 2.24) is 20.1 Å². The molecule has 1 fully saturated rings. The molecular weight excluding hydrogens is 377 g/mol. The number of hydrogen-bond acceptors (Lipinski definition) is 3. The van der Waals surface area contributed by atoms with Crippen molar-refractivity contribution in [3.05, 3.63) is 34.6 Å². The van der Waals surface area contributed by atoms with Crippen molar-refractivity contribution < 1.29 is 18.0 Å². The fourth-order valence-electron chi connectivity index (χ4n) is 3.48. The van der Waals surface area contributed by atoms with E-state index in [1.54, 1.807) is 0 Å². The summed E-state index contributed by atoms with van der Waals surface area (Å²) in [5.74, 6) is -1.52. The standard InChI is InChI=1S/C18H21F3N4OS/c1-11-6-8-12(9-7-11)16-23-24-17(27)25(16)10-15(26)22-14-5-3-2-4-13(14)18(19,20)21/h6-9,13-14H,2-5,10H2,1H3,(H,22,26)(H,24,27)/t13-,14+/m0/s1. The Hall–Kier alpha value is -2.16. The molecular formula is C18H21F3N4OS. The van der Waals surface area contributed by atoms with E-state index >= 15 is 0 Å². The number of nitrogens with zero attached hydrogens (tertiary/aromatic N) is 2. The van der Waals surface area contributed by atoms with Gasteiger partial charge in [0.05, 0.1) is 5.92 Å². The summed E-state index contributed by atoms with van der Waals surface area (Å²) in [6, 6.07) is 6.64. The fraction of sp³-hybridized carbons (Fsp3) is 0.500. The van der Waals surface area contributed by atoms with Crippen LogP contribution in [0.4, 0.5) is 13.2 Å². The number of halogens is 3. The van der Waals surface area contributed by atoms with Crippen molar-refractivity contribution in [3.63, 3.8) is 0 Å². The maximum atomic E-state index is 13.2. The van der Waals surface area contributed by atoms with E-state index in [-0.39, 0.29) is 17.7 Å². The van der Waals surface area contributed by atoms with Gasteiger partial charge in [-0.1, -0.05) is 42.7 Å². The van der Waals surface area contributed by atoms with Gasteiger partial charge in [0.1, 0.15) is 6.54 Å². The molecule has 0 unspecified atom stereocenters. The van der Waals surface area contributed by atoms with Crippen molar-refractivity contribution in [1.29, 1.82) is 0 Å². The van der Waals surface area contributed by atoms with Gasteiger partial charge >= 0.3 is 6.18 Å². The van der Waals surface area contributed by atoms with Gasteiger partial charge < -0.3 is 5.32 Å². The summed E-state index contributed by atoms with van der Waals surface area (Å²) >= 11 is 5.19. The number of rotatable bonds is 4. The van der Waals surface area contributed by atoms with Crippen LogP contribution < -0.4 is 5.32 Å². The molecule has 0 bridgehead atoms. The molecule has 3 rings (SSSR count). The van der Waals surface area contributed by atoms with Crippen molar-refractivity contribution >= 4 is 18.1 Å². The van der Waals surface area contributed by atoms with Gasteiger partial charge in [-0.05, 0) is 32.0 Å². The number of aryl methyl sites for hydroxylation is 1. The number of aromatic nitrogens is 3. The summed E-state index contributed by atoms with van der Waals surface area (Å²) in [7, 11) is 0. The normalized spacial score (nSPS) is 20.4. The summed E-state index contributed by atoms with van der Waals surface area (Å²) in [6.45, 7) is 1.77. The molecule has 0 radical (unpaired) electrons. The number of alkyl halides is 3. The third kappa shape index (κ3) is 4.58. The second kappa shape index (κ2) is 7.84. The molecule has 27 heavy (non-hydrogen) atoms. The predicted octanol–water partition coefficient (Wildman–Crippen LogP) is 4.15. The zero-order valence-corrected chi connectivity index (χ0v) is 15.7. The summed E-state index contributed by atoms with van der Waals surface area (Å²) in [5.41, 5.74) is 1.85. The molecule has 5 nitrogen and oxygen atoms in total. The van der Waals surface area contributed by atoms with Crippen LogP contribution in [0.2, 0.25) is 0 Å². The minimum Gasteiger partial charge on any atom is -0.351 e. The highest BCUT2D eigenvalue weighted by atomic mass is 32.1. The van der Waals surface area contributed by atoms with Gasteiger partial charge in [0, 0.05) is 11.6 Å². The van der Waals surface area contributed by atoms with Gasteiger partial charge in [-0.2, -0.15) is 18.3 Å². The van der Waals surface area contributed by atoms with Crippen LogP contribution in [0, 0.1) is 17.6 Å². The Labute approximate surface area is 160 Å². The van der Waals surface area contributed by atoms with E-state index in [1.807, 2.05) is 31.2 Å². The van der Waals surface area contributed by atoms with Crippen LogP contribution in [-0.4, -0.2) is 32.9 Å². The van der Waals surface area contributed by atoms with E-state index in [4.69, 9.17) is 12.2 Å². The summed E-state index contributed by atoms with van der Waals surface area (Å²) in [5, 5.41) is 9.36. The Bertz CT molecular complexity index is 857. The van der Waals surface area contributed by atoms with E-state index in [0.717, 1.165) is 11.1 Å². The van der Waals surface area contributed by atoms with Gasteiger partial charge in [0.2, 0.25) is 5.91 Å². The van der Waals surface area contributed by atoms with Gasteiger partial charge in [0.25, 0.3) is 0 Å². The lowest BCUT2D eigenvalue weighted by Crippen LogP contribution is -2.48. The van der Waals surface area contributed by atoms with Crippen LogP contribution in [0.5, 0.6) is 0 Å². The monoisotopic (exact) mass is 398 g/mol. The lowest BCUT2D eigenvalue weighted by molar-refractivity contribution is -0.189. The third-order valence-electron chi connectivity index (χ3n) is 4.90. The number of hydrogen-bond donors (Lipinski definition) is 2. The number of carbonyl (C=O) groups is 1. The van der Waals surface area contributed by atoms with Crippen molar-refractivity contribution in [2.24, 2.45) is 5.92 Å². The number of nitrogens with one attached hydrogen (secondary N) is 2. The molecule has 0 spiro atoms. The first kappa shape index (κ1) is 19.6. The molecule has 2 N–H and O–H groups in total. The molecule has 2 aromatic rings. The van der Waals surface area contributed by atoms with E-state index in [1.165, 1.54) is 4.57 Å². The molecule has 1 aromatic carbocycles. The Morgan fingerprint density at radius 2 is 1.96 bits per heavy atom. The Balaban J connectivity index is 1.76. The molecule has 146 valence electrons. The molecule has 1 aliphatic rings. The zero-order chi connectivity index (χ0) is 19.6. The highest BCUT2D eigenvalue weighted by Crippen LogP contribution is 2.37. The van der Waals surface area contributed by atoms with Crippen LogP contribution in [0.15, 0.2) is 24.3 Å². The highest BCUT2D eigenvalue weighted by Gasteiger charge is 2.45. The third-order valence-corrected chi connectivity index (χ3v) is 5.21. The number of aromatic amines is 1. The largest absolute Gasteiger partial charge is 0.393 e. The molecule has 1 aliphatic carbocycles. The van der Waals surface area contributed by atoms with Crippen LogP contribution in [-0.2, 0) is 11.3 Å². The number of benzene rings is 1. The van der Waals surface area contributed by atoms with Crippen LogP contribution in [0.25, 0.3) is 11.4 Å². The molecule has 1 saturated carbocycles. The van der Waals surface area contributed by atoms with Crippen LogP contribution in [0.1, 0.15) is 31.2 Å². The van der Waals surface area contributed by atoms with Crippen molar-refractivity contribution in [2.75, 3.05) is 0 Å². The molecule has 1 heterocycles. The van der Waals surface area contributed by atoms with Crippen molar-refractivity contribution in [3.8, 4) is 11.4 Å². The fourth-order valence-corrected chi connectivity index (χ4v) is 3.68. The van der Waals surface area contributed by atoms with Crippen LogP contribution in [0.3, 0.4) is 0 Å². The molecule has 1 amide bonds. The Morgan fingerprint density at radius 1 is 1.30 bits per heavy atom. The van der Waals surface area contributed by atoms with E-state index in [9.17, 15) is 18.0 Å². The van der Waals surface area contributed by atoms with Gasteiger partial charge in [-0.15, -0.1) is 0 Å². The zero-order valence-electron chi connectivity index (χ0n) is 14.8. The second-order valence-electron chi connectivity index (χ2n) is 6.91. The molecule has 0 saturated heterocycles. The second-order valence-corrected chi connectivity index (χ2v) is 7.30. The van der Waals surface area contributed by atoms with Crippen LogP contribution >= 0.6 is 12.2 Å². The molecule has 9 heteroatoms. The van der Waals surface area contributed by atoms with E-state index < -0.39 is 24.0 Å². The maximum absolute atomic E-state index is 13.2.